The third-order valence-electron chi connectivity index (χ3n) is 11.4. The molecule has 0 spiro atoms. The van der Waals surface area contributed by atoms with Gasteiger partial charge in [0.15, 0.2) is 0 Å². The fourth-order valence-electron chi connectivity index (χ4n) is 8.18. The van der Waals surface area contributed by atoms with Gasteiger partial charge in [-0.3, -0.25) is 9.52 Å². The number of carbonyl (C=O) groups excluding carboxylic acids is 1. The van der Waals surface area contributed by atoms with E-state index in [4.69, 9.17) is 0 Å². The summed E-state index contributed by atoms with van der Waals surface area (Å²) in [5.41, 5.74) is 2.35. The summed E-state index contributed by atoms with van der Waals surface area (Å²) >= 11 is 3.17. The quantitative estimate of drug-likeness (QED) is 0.0814. The predicted molar refractivity (Wildman–Crippen MR) is 248 cm³/mol. The van der Waals surface area contributed by atoms with Crippen LogP contribution >= 0.6 is 23.5 Å². The molecule has 2 heterocycles. The first-order chi connectivity index (χ1) is 28.9. The van der Waals surface area contributed by atoms with Crippen molar-refractivity contribution in [1.29, 1.82) is 0 Å². The molecule has 7 rings (SSSR count). The second-order valence-electron chi connectivity index (χ2n) is 15.8. The minimum Gasteiger partial charge on any atom is -0.506 e. The van der Waals surface area contributed by atoms with Gasteiger partial charge in [0, 0.05) is 57.5 Å². The Morgan fingerprint density at radius 2 is 1.35 bits per heavy atom. The van der Waals surface area contributed by atoms with E-state index >= 15 is 0 Å². The Morgan fingerprint density at radius 1 is 0.750 bits per heavy atom. The Morgan fingerprint density at radius 3 is 1.95 bits per heavy atom. The maximum absolute atomic E-state index is 14.3. The topological polar surface area (TPSA) is 136 Å². The van der Waals surface area contributed by atoms with Crippen LogP contribution in [0, 0.1) is 0 Å². The van der Waals surface area contributed by atoms with Gasteiger partial charge in [-0.15, -0.1) is 23.5 Å². The third-order valence-corrected chi connectivity index (χ3v) is 16.2. The first kappa shape index (κ1) is 43.8. The van der Waals surface area contributed by atoms with Crippen LogP contribution in [0.5, 0.6) is 0 Å². The van der Waals surface area contributed by atoms with E-state index in [2.05, 4.69) is 32.8 Å². The highest BCUT2D eigenvalue weighted by molar-refractivity contribution is 7.99. The number of aliphatic hydroxyl groups excluding tert-OH is 1. The number of benzene rings is 3. The van der Waals surface area contributed by atoms with Crippen LogP contribution in [0.1, 0.15) is 70.8 Å². The summed E-state index contributed by atoms with van der Waals surface area (Å²) in [5, 5.41) is 11.8. The van der Waals surface area contributed by atoms with E-state index in [9.17, 15) is 26.7 Å². The summed E-state index contributed by atoms with van der Waals surface area (Å²) in [4.78, 5) is 20.9. The van der Waals surface area contributed by atoms with Crippen LogP contribution in [0.4, 0.5) is 11.4 Å². The van der Waals surface area contributed by atoms with Crippen LogP contribution in [0.2, 0.25) is 0 Å². The van der Waals surface area contributed by atoms with Gasteiger partial charge in [-0.25, -0.2) is 16.8 Å². The van der Waals surface area contributed by atoms with Gasteiger partial charge < -0.3 is 14.9 Å². The van der Waals surface area contributed by atoms with Crippen LogP contribution in [-0.2, 0) is 24.8 Å². The standard InChI is InChI=1S/C46H54N4O6S4/c1-33-15-9-11-25-49(33)35-21-23-39(41(31-35)47-59(53,54)29-13-27-57-37-17-5-3-6-18-37)43-45(51)44(46(43)52)40-24-22-36(50-26-12-10-16-34(50)2)32-42(40)48-60(55,56)30-14-28-58-38-19-7-4-8-20-38/h3-8,17-24,31-34,47,51H,9-16,25-30H2,1-2H3/b44-40+,48-42?. The molecule has 60 heavy (non-hydrogen) atoms. The van der Waals surface area contributed by atoms with Crippen molar-refractivity contribution < 1.29 is 26.7 Å². The molecule has 0 saturated carbocycles. The molecule has 2 saturated heterocycles. The van der Waals surface area contributed by atoms with E-state index in [0.29, 0.717) is 24.3 Å². The summed E-state index contributed by atoms with van der Waals surface area (Å²) < 4.78 is 61.6. The smallest absolute Gasteiger partial charge is 0.253 e. The molecule has 10 nitrogen and oxygen atoms in total. The number of carbonyl (C=O) groups is 1. The number of ketones is 1. The van der Waals surface area contributed by atoms with Gasteiger partial charge in [-0.1, -0.05) is 36.4 Å². The van der Waals surface area contributed by atoms with Gasteiger partial charge >= 0.3 is 0 Å². The second kappa shape index (κ2) is 19.6. The Kier molecular flexibility index (Phi) is 14.4. The number of piperidine rings is 2. The predicted octanol–water partition coefficient (Wildman–Crippen LogP) is 9.42. The summed E-state index contributed by atoms with van der Waals surface area (Å²) in [7, 11) is -7.83. The van der Waals surface area contributed by atoms with Crippen molar-refractivity contribution >= 4 is 72.0 Å². The molecule has 0 bridgehead atoms. The Hall–Kier alpha value is -4.24. The van der Waals surface area contributed by atoms with Gasteiger partial charge in [0.25, 0.3) is 10.0 Å². The van der Waals surface area contributed by atoms with Crippen LogP contribution in [-0.4, -0.2) is 86.5 Å². The molecule has 2 atom stereocenters. The lowest BCUT2D eigenvalue weighted by molar-refractivity contribution is -0.111. The van der Waals surface area contributed by atoms with Gasteiger partial charge in [0.2, 0.25) is 15.8 Å². The van der Waals surface area contributed by atoms with Gasteiger partial charge in [-0.2, -0.15) is 4.40 Å². The number of aliphatic hydroxyl groups is 1. The van der Waals surface area contributed by atoms with E-state index < -0.39 is 25.8 Å². The normalized spacial score (nSPS) is 21.9. The number of Topliss-reactive ketones (excluding diaryl/α,β-unsaturated/α-hetero) is 1. The van der Waals surface area contributed by atoms with Crippen LogP contribution in [0.15, 0.2) is 134 Å². The zero-order valence-corrected chi connectivity index (χ0v) is 37.5. The van der Waals surface area contributed by atoms with Crippen molar-refractivity contribution in [2.75, 3.05) is 45.7 Å². The first-order valence-electron chi connectivity index (χ1n) is 20.9. The molecule has 2 unspecified atom stereocenters. The van der Waals surface area contributed by atoms with E-state index in [-0.39, 0.29) is 63.0 Å². The number of hydrogen-bond acceptors (Lipinski definition) is 10. The molecule has 0 aromatic heterocycles. The molecule has 2 aliphatic heterocycles. The number of nitrogens with one attached hydrogen (secondary N) is 1. The zero-order valence-electron chi connectivity index (χ0n) is 34.3. The Bertz CT molecular complexity index is 2430. The first-order valence-corrected chi connectivity index (χ1v) is 26.1. The maximum Gasteiger partial charge on any atom is 0.253 e. The summed E-state index contributed by atoms with van der Waals surface area (Å²) in [6.07, 6.45) is 12.3. The van der Waals surface area contributed by atoms with Crippen molar-refractivity contribution in [3.63, 3.8) is 0 Å². The third kappa shape index (κ3) is 10.8. The average molecular weight is 887 g/mol. The molecule has 4 aliphatic rings. The Labute approximate surface area is 364 Å². The maximum atomic E-state index is 14.3. The number of hydrogen-bond donors (Lipinski definition) is 2. The number of allylic oxidation sites excluding steroid dienone is 6. The fourth-order valence-corrected chi connectivity index (χ4v) is 12.5. The lowest BCUT2D eigenvalue weighted by Gasteiger charge is -2.37. The number of sulfonamides is 2. The van der Waals surface area contributed by atoms with E-state index in [1.54, 1.807) is 47.8 Å². The van der Waals surface area contributed by atoms with E-state index in [0.717, 1.165) is 72.8 Å². The van der Waals surface area contributed by atoms with E-state index in [1.807, 2.05) is 72.8 Å². The minimum absolute atomic E-state index is 0.0268. The highest BCUT2D eigenvalue weighted by Crippen LogP contribution is 2.44. The molecule has 2 N–H and O–H groups in total. The molecule has 3 aromatic rings. The lowest BCUT2D eigenvalue weighted by atomic mass is 9.78. The number of likely N-dealkylation sites (tertiary alicyclic amines) is 1. The molecule has 2 aliphatic carbocycles. The van der Waals surface area contributed by atoms with Gasteiger partial charge in [0.1, 0.15) is 5.76 Å². The molecule has 0 radical (unpaired) electrons. The number of rotatable bonds is 16. The number of anilines is 2. The lowest BCUT2D eigenvalue weighted by Crippen LogP contribution is -2.37. The summed E-state index contributed by atoms with van der Waals surface area (Å²) in [5.74, 6) is 0.0534. The molecule has 3 aromatic carbocycles. The fraction of sp³-hybridized carbons (Fsp3) is 0.391. The van der Waals surface area contributed by atoms with Crippen molar-refractivity contribution in [3.05, 3.63) is 125 Å². The van der Waals surface area contributed by atoms with Crippen molar-refractivity contribution in [2.24, 2.45) is 4.40 Å². The van der Waals surface area contributed by atoms with Crippen molar-refractivity contribution in [1.82, 2.24) is 4.90 Å². The largest absolute Gasteiger partial charge is 0.506 e. The highest BCUT2D eigenvalue weighted by atomic mass is 32.2. The van der Waals surface area contributed by atoms with Gasteiger partial charge in [0.05, 0.1) is 34.1 Å². The minimum atomic E-state index is -3.98. The van der Waals surface area contributed by atoms with Crippen molar-refractivity contribution in [2.45, 2.75) is 87.1 Å². The number of nitrogens with zero attached hydrogens (tertiary/aromatic N) is 3. The number of thioether (sulfide) groups is 2. The SMILES string of the molecule is CC1CCCCN1C1=CC(=NS(=O)(=O)CCCSc2ccccc2)/C(=C2/C(=O)C(c3ccc(N4CCCCC4C)cc3NS(=O)(=O)CCCSc3ccccc3)=C2O)C=C1. The summed E-state index contributed by atoms with van der Waals surface area (Å²) in [6, 6.07) is 25.4. The van der Waals surface area contributed by atoms with Crippen LogP contribution in [0.3, 0.4) is 0 Å². The monoisotopic (exact) mass is 886 g/mol. The van der Waals surface area contributed by atoms with Crippen LogP contribution in [0.25, 0.3) is 5.57 Å². The molecular weight excluding hydrogens is 833 g/mol. The molecular formula is C46H54N4O6S4. The molecule has 0 amide bonds. The molecule has 2 fully saturated rings. The Balaban J connectivity index is 1.19. The molecule has 318 valence electrons. The van der Waals surface area contributed by atoms with Gasteiger partial charge in [-0.05, 0) is 137 Å². The van der Waals surface area contributed by atoms with Crippen LogP contribution < -0.4 is 9.62 Å². The summed E-state index contributed by atoms with van der Waals surface area (Å²) in [6.45, 7) is 5.92. The molecule has 14 heteroatoms. The average Bonchev–Trinajstić information content (AvgIpc) is 3.23. The highest BCUT2D eigenvalue weighted by Gasteiger charge is 2.40. The van der Waals surface area contributed by atoms with Crippen molar-refractivity contribution in [3.8, 4) is 0 Å². The van der Waals surface area contributed by atoms with E-state index in [1.165, 1.54) is 0 Å². The zero-order chi connectivity index (χ0) is 42.3. The second-order valence-corrected chi connectivity index (χ2v) is 21.7.